The van der Waals surface area contributed by atoms with Gasteiger partial charge in [0.05, 0.1) is 13.2 Å². The van der Waals surface area contributed by atoms with Gasteiger partial charge in [0.1, 0.15) is 12.1 Å². The minimum absolute atomic E-state index is 0.130. The maximum atomic E-state index is 12.8. The van der Waals surface area contributed by atoms with Crippen LogP contribution in [0.4, 0.5) is 0 Å². The van der Waals surface area contributed by atoms with E-state index in [0.29, 0.717) is 50.0 Å². The van der Waals surface area contributed by atoms with Gasteiger partial charge < -0.3 is 20.1 Å². The highest BCUT2D eigenvalue weighted by molar-refractivity contribution is 5.76. The molecular formula is C28H52N2O4. The lowest BCUT2D eigenvalue weighted by Crippen LogP contribution is -2.46. The molecule has 2 saturated carbocycles. The maximum absolute atomic E-state index is 12.8. The molecule has 198 valence electrons. The topological polar surface area (TPSA) is 76.7 Å². The molecule has 0 spiro atoms. The summed E-state index contributed by atoms with van der Waals surface area (Å²) in [5.41, 5.74) is 0. The van der Waals surface area contributed by atoms with Gasteiger partial charge in [-0.1, -0.05) is 91.9 Å². The van der Waals surface area contributed by atoms with Gasteiger partial charge in [-0.15, -0.1) is 0 Å². The molecule has 34 heavy (non-hydrogen) atoms. The number of esters is 2. The number of ether oxygens (including phenoxy) is 2. The molecular weight excluding hydrogens is 428 g/mol. The molecule has 0 heterocycles. The molecule has 0 aromatic rings. The summed E-state index contributed by atoms with van der Waals surface area (Å²) in [6.45, 7) is 10.4. The third-order valence-corrected chi connectivity index (χ3v) is 7.18. The van der Waals surface area contributed by atoms with Gasteiger partial charge in [0.25, 0.3) is 0 Å². The largest absolute Gasteiger partial charge is 0.464 e. The molecule has 2 fully saturated rings. The second kappa shape index (κ2) is 16.5. The number of hydrogen-bond acceptors (Lipinski definition) is 6. The van der Waals surface area contributed by atoms with Crippen LogP contribution in [0.25, 0.3) is 0 Å². The van der Waals surface area contributed by atoms with Crippen LogP contribution in [-0.2, 0) is 19.1 Å². The van der Waals surface area contributed by atoms with Crippen molar-refractivity contribution in [2.24, 2.45) is 23.7 Å². The Bertz CT molecular complexity index is 519. The second-order valence-electron chi connectivity index (χ2n) is 11.5. The van der Waals surface area contributed by atoms with Gasteiger partial charge in [0.2, 0.25) is 0 Å². The van der Waals surface area contributed by atoms with E-state index in [0.717, 1.165) is 12.8 Å². The molecule has 2 aliphatic carbocycles. The summed E-state index contributed by atoms with van der Waals surface area (Å²) in [6.07, 6.45) is 14.2. The number of rotatable bonds is 15. The molecule has 6 heteroatoms. The van der Waals surface area contributed by atoms with Gasteiger partial charge in [0.15, 0.2) is 0 Å². The van der Waals surface area contributed by atoms with Crippen molar-refractivity contribution < 1.29 is 19.1 Å². The molecule has 2 aliphatic rings. The highest BCUT2D eigenvalue weighted by Gasteiger charge is 2.27. The van der Waals surface area contributed by atoms with Crippen molar-refractivity contribution in [2.75, 3.05) is 26.3 Å². The molecule has 0 amide bonds. The summed E-state index contributed by atoms with van der Waals surface area (Å²) in [7, 11) is 0. The summed E-state index contributed by atoms with van der Waals surface area (Å²) >= 11 is 0. The molecule has 6 nitrogen and oxygen atoms in total. The maximum Gasteiger partial charge on any atom is 0.323 e. The third kappa shape index (κ3) is 12.0. The molecule has 0 radical (unpaired) electrons. The van der Waals surface area contributed by atoms with Gasteiger partial charge >= 0.3 is 11.9 Å². The molecule has 2 rings (SSSR count). The van der Waals surface area contributed by atoms with Gasteiger partial charge in [-0.3, -0.25) is 9.59 Å². The Balaban J connectivity index is 1.86. The van der Waals surface area contributed by atoms with Crippen molar-refractivity contribution in [1.29, 1.82) is 0 Å². The van der Waals surface area contributed by atoms with Gasteiger partial charge in [-0.05, 0) is 36.5 Å². The van der Waals surface area contributed by atoms with Crippen LogP contribution in [0.2, 0.25) is 0 Å². The quantitative estimate of drug-likeness (QED) is 0.246. The minimum atomic E-state index is -0.270. The van der Waals surface area contributed by atoms with Crippen molar-refractivity contribution in [3.05, 3.63) is 0 Å². The van der Waals surface area contributed by atoms with Crippen LogP contribution in [0.15, 0.2) is 0 Å². The molecule has 0 aromatic heterocycles. The van der Waals surface area contributed by atoms with Crippen molar-refractivity contribution in [2.45, 2.75) is 117 Å². The van der Waals surface area contributed by atoms with Crippen LogP contribution in [0.5, 0.6) is 0 Å². The van der Waals surface area contributed by atoms with E-state index < -0.39 is 0 Å². The first-order chi connectivity index (χ1) is 16.3. The second-order valence-corrected chi connectivity index (χ2v) is 11.5. The van der Waals surface area contributed by atoms with Crippen LogP contribution >= 0.6 is 0 Å². The normalized spacial score (nSPS) is 19.8. The van der Waals surface area contributed by atoms with Crippen molar-refractivity contribution >= 4 is 11.9 Å². The summed E-state index contributed by atoms with van der Waals surface area (Å²) in [6, 6.07) is -0.540. The fourth-order valence-electron chi connectivity index (χ4n) is 5.23. The van der Waals surface area contributed by atoms with E-state index in [1.807, 2.05) is 0 Å². The zero-order valence-electron chi connectivity index (χ0n) is 22.4. The molecule has 0 saturated heterocycles. The minimum Gasteiger partial charge on any atom is -0.464 e. The molecule has 0 bridgehead atoms. The number of carbonyl (C=O) groups excluding carboxylic acids is 2. The fraction of sp³-hybridized carbons (Fsp3) is 0.929. The van der Waals surface area contributed by atoms with E-state index >= 15 is 0 Å². The summed E-state index contributed by atoms with van der Waals surface area (Å²) < 4.78 is 11.2. The summed E-state index contributed by atoms with van der Waals surface area (Å²) in [5.74, 6) is 1.59. The zero-order chi connectivity index (χ0) is 24.8. The SMILES string of the molecule is CC(C)COC(=O)C(CC1CCCCC1)NCCNC(CC1CCCCC1)C(=O)OCC(C)C. The van der Waals surface area contributed by atoms with Gasteiger partial charge in [0, 0.05) is 13.1 Å². The monoisotopic (exact) mass is 480 g/mol. The lowest BCUT2D eigenvalue weighted by molar-refractivity contribution is -0.149. The van der Waals surface area contributed by atoms with Crippen molar-refractivity contribution in [3.63, 3.8) is 0 Å². The zero-order valence-corrected chi connectivity index (χ0v) is 22.4. The molecule has 0 aromatic carbocycles. The Kier molecular flexibility index (Phi) is 14.1. The Labute approximate surface area is 208 Å². The van der Waals surface area contributed by atoms with Crippen LogP contribution in [0.1, 0.15) is 105 Å². The van der Waals surface area contributed by atoms with E-state index in [4.69, 9.17) is 9.47 Å². The van der Waals surface area contributed by atoms with Crippen LogP contribution in [-0.4, -0.2) is 50.3 Å². The van der Waals surface area contributed by atoms with Gasteiger partial charge in [-0.25, -0.2) is 0 Å². The average Bonchev–Trinajstić information content (AvgIpc) is 2.83. The van der Waals surface area contributed by atoms with E-state index in [1.54, 1.807) is 0 Å². The first-order valence-electron chi connectivity index (χ1n) is 14.1. The van der Waals surface area contributed by atoms with E-state index in [2.05, 4.69) is 38.3 Å². The van der Waals surface area contributed by atoms with Crippen molar-refractivity contribution in [3.8, 4) is 0 Å². The van der Waals surface area contributed by atoms with Crippen LogP contribution < -0.4 is 10.6 Å². The lowest BCUT2D eigenvalue weighted by Gasteiger charge is -2.28. The Hall–Kier alpha value is -1.14. The smallest absolute Gasteiger partial charge is 0.323 e. The summed E-state index contributed by atoms with van der Waals surface area (Å²) in [5, 5.41) is 6.90. The number of carbonyl (C=O) groups is 2. The predicted molar refractivity (Wildman–Crippen MR) is 138 cm³/mol. The first kappa shape index (κ1) is 29.1. The van der Waals surface area contributed by atoms with Crippen LogP contribution in [0.3, 0.4) is 0 Å². The molecule has 0 aliphatic heterocycles. The van der Waals surface area contributed by atoms with Crippen molar-refractivity contribution in [1.82, 2.24) is 10.6 Å². The summed E-state index contributed by atoms with van der Waals surface area (Å²) in [4.78, 5) is 25.6. The number of nitrogens with one attached hydrogen (secondary N) is 2. The van der Waals surface area contributed by atoms with Crippen LogP contribution in [0, 0.1) is 23.7 Å². The van der Waals surface area contributed by atoms with E-state index in [1.165, 1.54) is 64.2 Å². The van der Waals surface area contributed by atoms with Gasteiger partial charge in [-0.2, -0.15) is 0 Å². The van der Waals surface area contributed by atoms with E-state index in [-0.39, 0.29) is 24.0 Å². The van der Waals surface area contributed by atoms with E-state index in [9.17, 15) is 9.59 Å². The molecule has 2 unspecified atom stereocenters. The standard InChI is InChI=1S/C28H52N2O4/c1-21(2)19-33-27(31)25(17-23-11-7-5-8-12-23)29-15-16-30-26(28(32)34-20-22(3)4)18-24-13-9-6-10-14-24/h21-26,29-30H,5-20H2,1-4H3. The molecule has 2 N–H and O–H groups in total. The fourth-order valence-corrected chi connectivity index (χ4v) is 5.23. The Morgan fingerprint density at radius 2 is 1.00 bits per heavy atom. The lowest BCUT2D eigenvalue weighted by atomic mass is 9.84. The highest BCUT2D eigenvalue weighted by atomic mass is 16.5. The predicted octanol–water partition coefficient (Wildman–Crippen LogP) is 5.24. The molecule has 2 atom stereocenters. The third-order valence-electron chi connectivity index (χ3n) is 7.18. The Morgan fingerprint density at radius 1 is 0.647 bits per heavy atom. The average molecular weight is 481 g/mol. The highest BCUT2D eigenvalue weighted by Crippen LogP contribution is 2.28. The number of hydrogen-bond donors (Lipinski definition) is 2. The Morgan fingerprint density at radius 3 is 1.32 bits per heavy atom. The first-order valence-corrected chi connectivity index (χ1v) is 14.1.